The van der Waals surface area contributed by atoms with Gasteiger partial charge < -0.3 is 20.5 Å². The lowest BCUT2D eigenvalue weighted by molar-refractivity contribution is -0.131. The molecule has 2 amide bonds. The fraction of sp³-hybridized carbons (Fsp3) is 0.333. The summed E-state index contributed by atoms with van der Waals surface area (Å²) < 4.78 is 4.99. The molecule has 0 aromatic heterocycles. The van der Waals surface area contributed by atoms with Crippen molar-refractivity contribution in [3.8, 4) is 0 Å². The predicted octanol–water partition coefficient (Wildman–Crippen LogP) is 2.19. The highest BCUT2D eigenvalue weighted by atomic mass is 16.5. The molecular weight excluding hydrogens is 272 g/mol. The molecular formula is C15H20N2O4. The Balaban J connectivity index is 2.52. The summed E-state index contributed by atoms with van der Waals surface area (Å²) in [6, 6.07) is 6.61. The fourth-order valence-electron chi connectivity index (χ4n) is 1.67. The molecule has 0 fully saturated rings. The van der Waals surface area contributed by atoms with Gasteiger partial charge in [0.25, 0.3) is 0 Å². The quantitative estimate of drug-likeness (QED) is 0.672. The molecule has 6 heteroatoms. The largest absolute Gasteiger partial charge is 0.478 e. The molecule has 0 aliphatic heterocycles. The van der Waals surface area contributed by atoms with Gasteiger partial charge in [0.1, 0.15) is 0 Å². The first-order chi connectivity index (χ1) is 10.0. The third-order valence-corrected chi connectivity index (χ3v) is 2.63. The van der Waals surface area contributed by atoms with Crippen LogP contribution in [0, 0.1) is 5.92 Å². The molecule has 1 rings (SSSR count). The maximum absolute atomic E-state index is 11.7. The van der Waals surface area contributed by atoms with E-state index in [0.29, 0.717) is 24.4 Å². The number of nitrogens with one attached hydrogen (secondary N) is 2. The summed E-state index contributed by atoms with van der Waals surface area (Å²) in [6.07, 6.45) is 2.51. The van der Waals surface area contributed by atoms with Crippen molar-refractivity contribution in [2.75, 3.05) is 25.6 Å². The number of hydrogen-bond acceptors (Lipinski definition) is 3. The number of urea groups is 1. The van der Waals surface area contributed by atoms with E-state index in [9.17, 15) is 9.59 Å². The standard InChI is InChI=1S/C15H20N2O4/c1-11(10-21-2)9-16-15(20)17-13-5-3-4-12(8-13)6-7-14(18)19/h3-8,11H,9-10H2,1-2H3,(H,18,19)(H2,16,17,20)/b7-6+. The van der Waals surface area contributed by atoms with E-state index in [4.69, 9.17) is 9.84 Å². The number of amides is 2. The molecule has 0 heterocycles. The van der Waals surface area contributed by atoms with Crippen molar-refractivity contribution >= 4 is 23.8 Å². The summed E-state index contributed by atoms with van der Waals surface area (Å²) >= 11 is 0. The van der Waals surface area contributed by atoms with Gasteiger partial charge in [0.05, 0.1) is 6.61 Å². The van der Waals surface area contributed by atoms with Crippen LogP contribution in [-0.2, 0) is 9.53 Å². The van der Waals surface area contributed by atoms with E-state index >= 15 is 0 Å². The van der Waals surface area contributed by atoms with Gasteiger partial charge in [-0.15, -0.1) is 0 Å². The van der Waals surface area contributed by atoms with Crippen LogP contribution in [0.5, 0.6) is 0 Å². The number of carboxylic acids is 1. The number of hydrogen-bond donors (Lipinski definition) is 3. The summed E-state index contributed by atoms with van der Waals surface area (Å²) in [5, 5.41) is 14.0. The van der Waals surface area contributed by atoms with E-state index < -0.39 is 5.97 Å². The number of carbonyl (C=O) groups excluding carboxylic acids is 1. The molecule has 21 heavy (non-hydrogen) atoms. The second-order valence-electron chi connectivity index (χ2n) is 4.69. The Labute approximate surface area is 123 Å². The number of rotatable bonds is 7. The molecule has 0 saturated heterocycles. The lowest BCUT2D eigenvalue weighted by Gasteiger charge is -2.12. The Morgan fingerprint density at radius 2 is 2.19 bits per heavy atom. The predicted molar refractivity (Wildman–Crippen MR) is 81.2 cm³/mol. The number of methoxy groups -OCH3 is 1. The first-order valence-electron chi connectivity index (χ1n) is 6.56. The van der Waals surface area contributed by atoms with Gasteiger partial charge in [-0.1, -0.05) is 19.1 Å². The number of aliphatic carboxylic acids is 1. The van der Waals surface area contributed by atoms with Crippen LogP contribution >= 0.6 is 0 Å². The average Bonchev–Trinajstić information content (AvgIpc) is 2.44. The van der Waals surface area contributed by atoms with Crippen LogP contribution in [0.25, 0.3) is 6.08 Å². The highest BCUT2D eigenvalue weighted by Gasteiger charge is 2.05. The van der Waals surface area contributed by atoms with E-state index in [-0.39, 0.29) is 11.9 Å². The molecule has 6 nitrogen and oxygen atoms in total. The molecule has 114 valence electrons. The van der Waals surface area contributed by atoms with Crippen molar-refractivity contribution in [2.45, 2.75) is 6.92 Å². The summed E-state index contributed by atoms with van der Waals surface area (Å²) in [4.78, 5) is 22.2. The summed E-state index contributed by atoms with van der Waals surface area (Å²) in [5.41, 5.74) is 1.29. The van der Waals surface area contributed by atoms with Crippen molar-refractivity contribution in [3.63, 3.8) is 0 Å². The molecule has 0 aliphatic carbocycles. The molecule has 0 saturated carbocycles. The monoisotopic (exact) mass is 292 g/mol. The first kappa shape index (κ1) is 16.7. The van der Waals surface area contributed by atoms with Crippen LogP contribution < -0.4 is 10.6 Å². The minimum absolute atomic E-state index is 0.227. The fourth-order valence-corrected chi connectivity index (χ4v) is 1.67. The smallest absolute Gasteiger partial charge is 0.328 e. The summed E-state index contributed by atoms with van der Waals surface area (Å²) in [6.45, 7) is 3.06. The summed E-state index contributed by atoms with van der Waals surface area (Å²) in [7, 11) is 1.62. The minimum atomic E-state index is -1.02. The average molecular weight is 292 g/mol. The van der Waals surface area contributed by atoms with Crippen molar-refractivity contribution in [2.24, 2.45) is 5.92 Å². The maximum Gasteiger partial charge on any atom is 0.328 e. The number of carbonyl (C=O) groups is 2. The van der Waals surface area contributed by atoms with Gasteiger partial charge >= 0.3 is 12.0 Å². The summed E-state index contributed by atoms with van der Waals surface area (Å²) in [5.74, 6) is -0.788. The lowest BCUT2D eigenvalue weighted by atomic mass is 10.2. The first-order valence-corrected chi connectivity index (χ1v) is 6.56. The third-order valence-electron chi connectivity index (χ3n) is 2.63. The van der Waals surface area contributed by atoms with Gasteiger partial charge in [0.2, 0.25) is 0 Å². The number of carboxylic acid groups (broad SMARTS) is 1. The zero-order chi connectivity index (χ0) is 15.7. The topological polar surface area (TPSA) is 87.7 Å². The molecule has 1 unspecified atom stereocenters. The Hall–Kier alpha value is -2.34. The molecule has 3 N–H and O–H groups in total. The van der Waals surface area contributed by atoms with Crippen molar-refractivity contribution < 1.29 is 19.4 Å². The molecule has 0 bridgehead atoms. The van der Waals surface area contributed by atoms with Crippen LogP contribution in [0.2, 0.25) is 0 Å². The highest BCUT2D eigenvalue weighted by Crippen LogP contribution is 2.11. The molecule has 1 atom stereocenters. The van der Waals surface area contributed by atoms with Crippen LogP contribution in [0.15, 0.2) is 30.3 Å². The van der Waals surface area contributed by atoms with Crippen molar-refractivity contribution in [1.29, 1.82) is 0 Å². The maximum atomic E-state index is 11.7. The second kappa shape index (κ2) is 8.76. The van der Waals surface area contributed by atoms with Crippen LogP contribution in [0.1, 0.15) is 12.5 Å². The Kier molecular flexibility index (Phi) is 6.97. The minimum Gasteiger partial charge on any atom is -0.478 e. The van der Waals surface area contributed by atoms with Gasteiger partial charge in [-0.3, -0.25) is 0 Å². The van der Waals surface area contributed by atoms with Crippen LogP contribution in [-0.4, -0.2) is 37.4 Å². The molecule has 0 radical (unpaired) electrons. The van der Waals surface area contributed by atoms with E-state index in [1.807, 2.05) is 6.92 Å². The van der Waals surface area contributed by atoms with Crippen LogP contribution in [0.3, 0.4) is 0 Å². The molecule has 0 spiro atoms. The van der Waals surface area contributed by atoms with E-state index in [1.54, 1.807) is 31.4 Å². The van der Waals surface area contributed by atoms with Gasteiger partial charge in [-0.05, 0) is 29.7 Å². The second-order valence-corrected chi connectivity index (χ2v) is 4.69. The van der Waals surface area contributed by atoms with Gasteiger partial charge in [0, 0.05) is 25.4 Å². The lowest BCUT2D eigenvalue weighted by Crippen LogP contribution is -2.33. The van der Waals surface area contributed by atoms with E-state index in [0.717, 1.165) is 6.08 Å². The SMILES string of the molecule is COCC(C)CNC(=O)Nc1cccc(/C=C/C(=O)O)c1. The Morgan fingerprint density at radius 3 is 2.86 bits per heavy atom. The van der Waals surface area contributed by atoms with Crippen molar-refractivity contribution in [1.82, 2.24) is 5.32 Å². The van der Waals surface area contributed by atoms with Crippen LogP contribution in [0.4, 0.5) is 10.5 Å². The number of anilines is 1. The number of ether oxygens (including phenoxy) is 1. The zero-order valence-corrected chi connectivity index (χ0v) is 12.1. The number of benzene rings is 1. The molecule has 1 aromatic carbocycles. The van der Waals surface area contributed by atoms with Gasteiger partial charge in [-0.25, -0.2) is 9.59 Å². The molecule has 0 aliphatic rings. The normalized spacial score (nSPS) is 12.1. The molecule has 1 aromatic rings. The third kappa shape index (κ3) is 7.12. The van der Waals surface area contributed by atoms with E-state index in [1.165, 1.54) is 6.08 Å². The Morgan fingerprint density at radius 1 is 1.43 bits per heavy atom. The highest BCUT2D eigenvalue weighted by molar-refractivity contribution is 5.90. The van der Waals surface area contributed by atoms with E-state index in [2.05, 4.69) is 10.6 Å². The van der Waals surface area contributed by atoms with Gasteiger partial charge in [0.15, 0.2) is 0 Å². The van der Waals surface area contributed by atoms with Crippen molar-refractivity contribution in [3.05, 3.63) is 35.9 Å². The van der Waals surface area contributed by atoms with Gasteiger partial charge in [-0.2, -0.15) is 0 Å². The Bertz CT molecular complexity index is 514. The zero-order valence-electron chi connectivity index (χ0n) is 12.1.